The fourth-order valence-electron chi connectivity index (χ4n) is 1.86. The van der Waals surface area contributed by atoms with E-state index in [9.17, 15) is 4.79 Å². The summed E-state index contributed by atoms with van der Waals surface area (Å²) in [6.07, 6.45) is 0.697. The van der Waals surface area contributed by atoms with Gasteiger partial charge < -0.3 is 10.8 Å². The minimum Gasteiger partial charge on any atom is -0.481 e. The van der Waals surface area contributed by atoms with Crippen molar-refractivity contribution in [2.24, 2.45) is 17.6 Å². The van der Waals surface area contributed by atoms with Crippen molar-refractivity contribution in [3.05, 3.63) is 34.3 Å². The topological polar surface area (TPSA) is 63.3 Å². The van der Waals surface area contributed by atoms with Crippen molar-refractivity contribution in [2.45, 2.75) is 12.5 Å². The number of benzene rings is 1. The van der Waals surface area contributed by atoms with Gasteiger partial charge >= 0.3 is 5.97 Å². The molecule has 3 unspecified atom stereocenters. The van der Waals surface area contributed by atoms with E-state index >= 15 is 0 Å². The first-order valence-electron chi connectivity index (χ1n) is 4.83. The van der Waals surface area contributed by atoms with Crippen molar-refractivity contribution in [3.63, 3.8) is 0 Å². The van der Waals surface area contributed by atoms with Crippen molar-refractivity contribution >= 4 is 21.9 Å². The molecule has 1 fully saturated rings. The average molecular weight is 270 g/mol. The van der Waals surface area contributed by atoms with Crippen molar-refractivity contribution < 1.29 is 9.90 Å². The van der Waals surface area contributed by atoms with Crippen LogP contribution in [-0.2, 0) is 4.79 Å². The van der Waals surface area contributed by atoms with E-state index < -0.39 is 5.97 Å². The van der Waals surface area contributed by atoms with Gasteiger partial charge in [0.2, 0.25) is 0 Å². The largest absolute Gasteiger partial charge is 0.481 e. The molecule has 1 aliphatic rings. The molecule has 3 nitrogen and oxygen atoms in total. The van der Waals surface area contributed by atoms with Crippen molar-refractivity contribution in [3.8, 4) is 0 Å². The molecule has 0 amide bonds. The molecular formula is C11H12BrNO2. The minimum atomic E-state index is -0.731. The molecular weight excluding hydrogens is 258 g/mol. The Bertz CT molecular complexity index is 394. The van der Waals surface area contributed by atoms with Gasteiger partial charge in [0.05, 0.1) is 5.92 Å². The molecule has 0 radical (unpaired) electrons. The summed E-state index contributed by atoms with van der Waals surface area (Å²) in [5.74, 6) is -0.888. The van der Waals surface area contributed by atoms with Gasteiger partial charge in [-0.3, -0.25) is 4.79 Å². The van der Waals surface area contributed by atoms with Crippen LogP contribution >= 0.6 is 15.9 Å². The van der Waals surface area contributed by atoms with Crippen LogP contribution in [0.3, 0.4) is 0 Å². The Morgan fingerprint density at radius 2 is 2.33 bits per heavy atom. The van der Waals surface area contributed by atoms with Crippen LogP contribution < -0.4 is 5.73 Å². The SMILES string of the molecule is NC(c1cccc(Br)c1)C1CC1C(=O)O. The number of carboxylic acids is 1. The van der Waals surface area contributed by atoms with Crippen LogP contribution in [0.15, 0.2) is 28.7 Å². The molecule has 0 spiro atoms. The zero-order chi connectivity index (χ0) is 11.0. The molecule has 3 N–H and O–H groups in total. The fourth-order valence-corrected chi connectivity index (χ4v) is 2.27. The van der Waals surface area contributed by atoms with Gasteiger partial charge in [-0.05, 0) is 30.0 Å². The quantitative estimate of drug-likeness (QED) is 0.884. The molecule has 4 heteroatoms. The first-order chi connectivity index (χ1) is 7.09. The molecule has 0 saturated heterocycles. The van der Waals surface area contributed by atoms with Crippen molar-refractivity contribution in [2.75, 3.05) is 0 Å². The van der Waals surface area contributed by atoms with Gasteiger partial charge in [-0.15, -0.1) is 0 Å². The molecule has 2 rings (SSSR count). The lowest BCUT2D eigenvalue weighted by atomic mass is 10.0. The van der Waals surface area contributed by atoms with Gasteiger partial charge in [0.1, 0.15) is 0 Å². The molecule has 1 aromatic rings. The Morgan fingerprint density at radius 1 is 1.60 bits per heavy atom. The van der Waals surface area contributed by atoms with Crippen LogP contribution in [-0.4, -0.2) is 11.1 Å². The van der Waals surface area contributed by atoms with Gasteiger partial charge in [0, 0.05) is 10.5 Å². The summed E-state index contributed by atoms with van der Waals surface area (Å²) in [6, 6.07) is 7.56. The average Bonchev–Trinajstić information content (AvgIpc) is 2.96. The van der Waals surface area contributed by atoms with E-state index in [1.54, 1.807) is 0 Å². The van der Waals surface area contributed by atoms with Gasteiger partial charge in [0.25, 0.3) is 0 Å². The Hall–Kier alpha value is -0.870. The molecule has 3 atom stereocenters. The van der Waals surface area contributed by atoms with Crippen LogP contribution in [0, 0.1) is 11.8 Å². The summed E-state index contributed by atoms with van der Waals surface area (Å²) in [5.41, 5.74) is 7.01. The number of halogens is 1. The van der Waals surface area contributed by atoms with Crippen molar-refractivity contribution in [1.82, 2.24) is 0 Å². The minimum absolute atomic E-state index is 0.0943. The van der Waals surface area contributed by atoms with Gasteiger partial charge in [-0.25, -0.2) is 0 Å². The fraction of sp³-hybridized carbons (Fsp3) is 0.364. The highest BCUT2D eigenvalue weighted by atomic mass is 79.9. The third-order valence-electron chi connectivity index (χ3n) is 2.85. The number of nitrogens with two attached hydrogens (primary N) is 1. The number of hydrogen-bond acceptors (Lipinski definition) is 2. The van der Waals surface area contributed by atoms with Gasteiger partial charge in [-0.1, -0.05) is 28.1 Å². The summed E-state index contributed by atoms with van der Waals surface area (Å²) in [7, 11) is 0. The second-order valence-corrected chi connectivity index (χ2v) is 4.84. The maximum atomic E-state index is 10.7. The monoisotopic (exact) mass is 269 g/mol. The van der Waals surface area contributed by atoms with E-state index in [0.717, 1.165) is 10.0 Å². The maximum Gasteiger partial charge on any atom is 0.306 e. The molecule has 0 aromatic heterocycles. The summed E-state index contributed by atoms with van der Waals surface area (Å²) < 4.78 is 0.975. The number of carboxylic acid groups (broad SMARTS) is 1. The molecule has 0 aliphatic heterocycles. The molecule has 80 valence electrons. The lowest BCUT2D eigenvalue weighted by Gasteiger charge is -2.11. The molecule has 1 aliphatic carbocycles. The normalized spacial score (nSPS) is 26.0. The standard InChI is InChI=1S/C11H12BrNO2/c12-7-3-1-2-6(4-7)10(13)8-5-9(8)11(14)15/h1-4,8-10H,5,13H2,(H,14,15). The molecule has 1 saturated carbocycles. The predicted octanol–water partition coefficient (Wildman–Crippen LogP) is 2.17. The van der Waals surface area contributed by atoms with Crippen molar-refractivity contribution in [1.29, 1.82) is 0 Å². The number of aliphatic carboxylic acids is 1. The highest BCUT2D eigenvalue weighted by Gasteiger charge is 2.47. The summed E-state index contributed by atoms with van der Waals surface area (Å²) in [5, 5.41) is 8.81. The second kappa shape index (κ2) is 3.94. The van der Waals surface area contributed by atoms with Gasteiger partial charge in [-0.2, -0.15) is 0 Å². The lowest BCUT2D eigenvalue weighted by molar-refractivity contribution is -0.138. The van der Waals surface area contributed by atoms with Gasteiger partial charge in [0.15, 0.2) is 0 Å². The Labute approximate surface area is 96.4 Å². The molecule has 1 aromatic carbocycles. The third kappa shape index (κ3) is 2.21. The highest BCUT2D eigenvalue weighted by molar-refractivity contribution is 9.10. The third-order valence-corrected chi connectivity index (χ3v) is 3.35. The van der Waals surface area contributed by atoms with Crippen LogP contribution in [0.25, 0.3) is 0 Å². The summed E-state index contributed by atoms with van der Waals surface area (Å²) >= 11 is 3.37. The molecule has 0 heterocycles. The first-order valence-corrected chi connectivity index (χ1v) is 5.62. The zero-order valence-corrected chi connectivity index (χ0v) is 9.65. The number of carbonyl (C=O) groups is 1. The van der Waals surface area contributed by atoms with E-state index in [1.807, 2.05) is 24.3 Å². The van der Waals surface area contributed by atoms with E-state index in [4.69, 9.17) is 10.8 Å². The van der Waals surface area contributed by atoms with Crippen LogP contribution in [0.5, 0.6) is 0 Å². The zero-order valence-electron chi connectivity index (χ0n) is 8.06. The molecule has 0 bridgehead atoms. The first kappa shape index (κ1) is 10.6. The van der Waals surface area contributed by atoms with E-state index in [-0.39, 0.29) is 17.9 Å². The summed E-state index contributed by atoms with van der Waals surface area (Å²) in [4.78, 5) is 10.7. The lowest BCUT2D eigenvalue weighted by Crippen LogP contribution is -2.15. The molecule has 15 heavy (non-hydrogen) atoms. The van der Waals surface area contributed by atoms with E-state index in [0.29, 0.717) is 6.42 Å². The number of hydrogen-bond donors (Lipinski definition) is 2. The maximum absolute atomic E-state index is 10.7. The second-order valence-electron chi connectivity index (χ2n) is 3.93. The Balaban J connectivity index is 2.10. The number of rotatable bonds is 3. The Morgan fingerprint density at radius 3 is 2.87 bits per heavy atom. The predicted molar refractivity (Wildman–Crippen MR) is 60.3 cm³/mol. The van der Waals surface area contributed by atoms with Crippen LogP contribution in [0.1, 0.15) is 18.0 Å². The van der Waals surface area contributed by atoms with Crippen LogP contribution in [0.4, 0.5) is 0 Å². The smallest absolute Gasteiger partial charge is 0.306 e. The van der Waals surface area contributed by atoms with E-state index in [2.05, 4.69) is 15.9 Å². The Kier molecular flexibility index (Phi) is 2.80. The highest BCUT2D eigenvalue weighted by Crippen LogP contribution is 2.46. The van der Waals surface area contributed by atoms with Crippen LogP contribution in [0.2, 0.25) is 0 Å². The van der Waals surface area contributed by atoms with E-state index in [1.165, 1.54) is 0 Å². The summed E-state index contributed by atoms with van der Waals surface area (Å²) in [6.45, 7) is 0.